The number of fused-ring (bicyclic) bond motifs is 6. The molecular weight excluding hydrogens is 2110 g/mol. The zero-order chi connectivity index (χ0) is 89.9. The van der Waals surface area contributed by atoms with Gasteiger partial charge < -0.3 is 0 Å². The van der Waals surface area contributed by atoms with Crippen LogP contribution in [0.5, 0.6) is 0 Å². The van der Waals surface area contributed by atoms with Crippen LogP contribution in [0.25, 0.3) is 193 Å². The van der Waals surface area contributed by atoms with Gasteiger partial charge in [-0.2, -0.15) is 0 Å². The third-order valence-electron chi connectivity index (χ3n) is 19.5. The van der Waals surface area contributed by atoms with Crippen LogP contribution in [0.2, 0.25) is 52.0 Å². The molecule has 0 N–H and O–H groups in total. The van der Waals surface area contributed by atoms with Crippen LogP contribution in [0.4, 0.5) is 0 Å². The van der Waals surface area contributed by atoms with Crippen LogP contribution in [0, 0.1) is 27.7 Å². The number of aryl methyl sites for hydroxylation is 4. The number of benzene rings is 5. The smallest absolute Gasteiger partial charge is 0.108 e. The summed E-state index contributed by atoms with van der Waals surface area (Å²) >= 11 is 92.7. The van der Waals surface area contributed by atoms with E-state index in [4.69, 9.17) is 199 Å². The lowest BCUT2D eigenvalue weighted by Gasteiger charge is -2.10. The van der Waals surface area contributed by atoms with Crippen LogP contribution in [0.15, 0.2) is 231 Å². The summed E-state index contributed by atoms with van der Waals surface area (Å²) in [5, 5.41) is 0. The van der Waals surface area contributed by atoms with Crippen LogP contribution in [0.1, 0.15) is 22.3 Å². The molecule has 23 aromatic rings. The van der Waals surface area contributed by atoms with Gasteiger partial charge in [-0.1, -0.05) is 210 Å². The minimum absolute atomic E-state index is 0.682. The topological polar surface area (TPSA) is 155 Å². The maximum Gasteiger partial charge on any atom is 0.108 e. The molecule has 0 unspecified atom stereocenters. The molecule has 0 aliphatic carbocycles. The second kappa shape index (κ2) is 39.5. The SMILES string of the molecule is Cc1ccc(C)cc1.Cc1ccc(C)cc1.Clc1ccc(-c2nc3cc4nc(-c5ccc(Cl)s5)c(-c5ccc(Cl)s5)nc4cc3nc2-c2ccc(Cl)s2)s1.Clc1ccc(-c2nc3cc4nc(-c5ccc(Cl)s5)c(-c5ccc(Cl)s5)nc4cc3nc2-c2ccc(Cl)s2)s1.Clc1ccc(-c2nc3cc4nc(-c5ccc(Cl)s5)c(-c5ccc(Cl)s5)nc4cc3nc2-c2ccc(Cl)s2)s1. The van der Waals surface area contributed by atoms with Crippen LogP contribution in [-0.4, -0.2) is 59.8 Å². The van der Waals surface area contributed by atoms with Crippen LogP contribution < -0.4 is 0 Å². The molecule has 5 aromatic carbocycles. The highest BCUT2D eigenvalue weighted by atomic mass is 35.5. The molecule has 0 radical (unpaired) electrons. The average Bonchev–Trinajstić information content (AvgIpc) is 1.05. The Morgan fingerprint density at radius 3 is 0.285 bits per heavy atom. The quantitative estimate of drug-likeness (QED) is 0.107. The van der Waals surface area contributed by atoms with Crippen molar-refractivity contribution >= 4 is 341 Å². The van der Waals surface area contributed by atoms with E-state index in [0.717, 1.165) is 127 Å². The number of hydrogen-bond donors (Lipinski definition) is 0. The molecule has 0 spiro atoms. The van der Waals surface area contributed by atoms with E-state index in [9.17, 15) is 0 Å². The molecule has 0 saturated heterocycles. The van der Waals surface area contributed by atoms with Crippen LogP contribution in [0.3, 0.4) is 0 Å². The highest BCUT2D eigenvalue weighted by Crippen LogP contribution is 2.49. The van der Waals surface area contributed by atoms with Gasteiger partial charge in [0.2, 0.25) is 0 Å². The molecule has 23 rings (SSSR count). The van der Waals surface area contributed by atoms with Crippen molar-refractivity contribution in [3.8, 4) is 127 Å². The lowest BCUT2D eigenvalue weighted by Crippen LogP contribution is -1.97. The Morgan fingerprint density at radius 1 is 0.131 bits per heavy atom. The molecule has 0 amide bonds. The molecule has 0 aliphatic rings. The molecule has 0 bridgehead atoms. The number of hydrogen-bond acceptors (Lipinski definition) is 24. The van der Waals surface area contributed by atoms with Gasteiger partial charge in [-0.05, 0) is 210 Å². The molecule has 36 heteroatoms. The van der Waals surface area contributed by atoms with Crippen molar-refractivity contribution in [1.82, 2.24) is 59.8 Å². The first-order valence-corrected chi connectivity index (χ1v) is 52.9. The Balaban J connectivity index is 0.000000116. The van der Waals surface area contributed by atoms with Crippen molar-refractivity contribution in [3.63, 3.8) is 0 Å². The van der Waals surface area contributed by atoms with Crippen molar-refractivity contribution in [2.75, 3.05) is 0 Å². The maximum absolute atomic E-state index is 6.27. The molecule has 642 valence electrons. The summed E-state index contributed by atoms with van der Waals surface area (Å²) in [5.74, 6) is 0. The second-order valence-electron chi connectivity index (χ2n) is 28.6. The monoisotopic (exact) mass is 2150 g/mol. The standard InChI is InChI=1S/3C26H10Cl4N4S4.2C8H10/c3*27-19-5-1-15(35-19)23-24(16-2-6-20(28)36-16)32-12-10-14-13(9-11(12)31-23)33-25(17-3-7-21(29)37-17)26(34-14)18-4-8-22(30)38-18;2*1-7-3-5-8(2)6-4-7/h3*1-10H;2*3-6H,1-2H3. The number of aromatic nitrogens is 12. The molecule has 130 heavy (non-hydrogen) atoms. The fraction of sp³-hybridized carbons (Fsp3) is 0.0426. The third-order valence-corrected chi connectivity index (χ3v) is 34.3. The van der Waals surface area contributed by atoms with Gasteiger partial charge in [-0.15, -0.1) is 136 Å². The van der Waals surface area contributed by atoms with Gasteiger partial charge in [-0.3, -0.25) is 0 Å². The van der Waals surface area contributed by atoms with Crippen LogP contribution >= 0.6 is 275 Å². The maximum atomic E-state index is 6.27. The largest absolute Gasteiger partial charge is 0.243 e. The minimum atomic E-state index is 0.682. The van der Waals surface area contributed by atoms with E-state index in [1.807, 2.05) is 182 Å². The summed E-state index contributed by atoms with van der Waals surface area (Å²) in [6, 6.07) is 74.4. The Morgan fingerprint density at radius 2 is 0.215 bits per heavy atom. The highest BCUT2D eigenvalue weighted by Gasteiger charge is 2.27. The zero-order valence-electron chi connectivity index (χ0n) is 66.7. The lowest BCUT2D eigenvalue weighted by atomic mass is 10.1. The van der Waals surface area contributed by atoms with Gasteiger partial charge in [0.1, 0.15) is 68.3 Å². The fourth-order valence-electron chi connectivity index (χ4n) is 13.5. The van der Waals surface area contributed by atoms with E-state index < -0.39 is 0 Å². The van der Waals surface area contributed by atoms with Gasteiger partial charge in [-0.25, -0.2) is 59.8 Å². The Bertz CT molecular complexity index is 6600. The highest BCUT2D eigenvalue weighted by molar-refractivity contribution is 7.24. The Kier molecular flexibility index (Phi) is 27.7. The molecule has 0 aliphatic heterocycles. The summed E-state index contributed by atoms with van der Waals surface area (Å²) < 4.78 is 8.19. The summed E-state index contributed by atoms with van der Waals surface area (Å²) in [6.07, 6.45) is 0. The molecule has 0 fully saturated rings. The molecule has 18 aromatic heterocycles. The molecular formula is C94H50Cl12N12S12. The van der Waals surface area contributed by atoms with Crippen molar-refractivity contribution in [3.05, 3.63) is 305 Å². The molecule has 12 nitrogen and oxygen atoms in total. The molecule has 0 saturated carbocycles. The van der Waals surface area contributed by atoms with Gasteiger partial charge in [0.15, 0.2) is 0 Å². The Labute approximate surface area is 850 Å². The molecule has 18 heterocycles. The van der Waals surface area contributed by atoms with E-state index in [2.05, 4.69) is 76.2 Å². The fourth-order valence-corrected chi connectivity index (χ4v) is 25.9. The number of rotatable bonds is 12. The van der Waals surface area contributed by atoms with Crippen LogP contribution in [-0.2, 0) is 0 Å². The number of thiophene rings is 12. The van der Waals surface area contributed by atoms with Crippen molar-refractivity contribution in [2.45, 2.75) is 27.7 Å². The first kappa shape index (κ1) is 91.2. The summed E-state index contributed by atoms with van der Waals surface area (Å²) in [4.78, 5) is 71.5. The number of nitrogens with zero attached hydrogens (tertiary/aromatic N) is 12. The Hall–Kier alpha value is -7.98. The molecule has 0 atom stereocenters. The predicted molar refractivity (Wildman–Crippen MR) is 570 cm³/mol. The minimum Gasteiger partial charge on any atom is -0.243 e. The van der Waals surface area contributed by atoms with E-state index >= 15 is 0 Å². The average molecular weight is 2160 g/mol. The first-order valence-electron chi connectivity index (χ1n) is 38.6. The predicted octanol–water partition coefficient (Wildman–Crippen LogP) is 37.9. The van der Waals surface area contributed by atoms with Gasteiger partial charge in [0, 0.05) is 0 Å². The third kappa shape index (κ3) is 20.5. The van der Waals surface area contributed by atoms with Crippen molar-refractivity contribution in [2.24, 2.45) is 0 Å². The van der Waals surface area contributed by atoms with Gasteiger partial charge in [0.25, 0.3) is 0 Å². The summed E-state index contributed by atoms with van der Waals surface area (Å²) in [6.45, 7) is 8.39. The summed E-state index contributed by atoms with van der Waals surface area (Å²) in [7, 11) is 0. The number of halogens is 12. The van der Waals surface area contributed by atoms with E-state index in [1.54, 1.807) is 0 Å². The van der Waals surface area contributed by atoms with E-state index in [-0.39, 0.29) is 0 Å². The van der Waals surface area contributed by atoms with E-state index in [0.29, 0.717) is 118 Å². The lowest BCUT2D eigenvalue weighted by molar-refractivity contribution is 1.29. The van der Waals surface area contributed by atoms with Gasteiger partial charge >= 0.3 is 0 Å². The zero-order valence-corrected chi connectivity index (χ0v) is 85.6. The van der Waals surface area contributed by atoms with Gasteiger partial charge in [0.05, 0.1) is 177 Å². The van der Waals surface area contributed by atoms with Crippen molar-refractivity contribution in [1.29, 1.82) is 0 Å². The van der Waals surface area contributed by atoms with E-state index in [1.165, 1.54) is 158 Å². The van der Waals surface area contributed by atoms with Crippen molar-refractivity contribution < 1.29 is 0 Å². The first-order chi connectivity index (χ1) is 62.8. The second-order valence-corrected chi connectivity index (χ2v) is 49.1. The summed E-state index contributed by atoms with van der Waals surface area (Å²) in [5.41, 5.74) is 22.8. The normalized spacial score (nSPS) is 11.4.